The maximum Gasteiger partial charge on any atom is 0.0611 e. The molecule has 0 bridgehead atoms. The first kappa shape index (κ1) is 15.9. The molecule has 0 aromatic heterocycles. The highest BCUT2D eigenvalue weighted by Gasteiger charge is 2.32. The predicted octanol–water partition coefficient (Wildman–Crippen LogP) is 2.25. The zero-order chi connectivity index (χ0) is 14.0. The molecule has 0 spiro atoms. The van der Waals surface area contributed by atoms with Crippen LogP contribution in [0.5, 0.6) is 0 Å². The Hall–Kier alpha value is -0.120. The fourth-order valence-electron chi connectivity index (χ4n) is 2.20. The van der Waals surface area contributed by atoms with Crippen LogP contribution in [-0.4, -0.2) is 47.8 Å². The lowest BCUT2D eigenvalue weighted by molar-refractivity contribution is 0.107. The van der Waals surface area contributed by atoms with Gasteiger partial charge in [-0.05, 0) is 52.1 Å². The van der Waals surface area contributed by atoms with Crippen LogP contribution in [0.3, 0.4) is 0 Å². The van der Waals surface area contributed by atoms with Crippen molar-refractivity contribution < 1.29 is 5.11 Å². The number of rotatable bonds is 7. The van der Waals surface area contributed by atoms with Gasteiger partial charge in [-0.1, -0.05) is 20.8 Å². The quantitative estimate of drug-likeness (QED) is 0.733. The number of hydrogen-bond acceptors (Lipinski definition) is 3. The molecular formula is C15H32N2O. The van der Waals surface area contributed by atoms with Gasteiger partial charge in [0, 0.05) is 17.6 Å². The summed E-state index contributed by atoms with van der Waals surface area (Å²) >= 11 is 0. The summed E-state index contributed by atoms with van der Waals surface area (Å²) in [4.78, 5) is 2.41. The highest BCUT2D eigenvalue weighted by atomic mass is 16.3. The second-order valence-corrected chi connectivity index (χ2v) is 7.41. The summed E-state index contributed by atoms with van der Waals surface area (Å²) in [5.74, 6) is 0. The number of aliphatic hydroxyl groups excluding tert-OH is 1. The molecule has 3 heteroatoms. The van der Waals surface area contributed by atoms with Crippen LogP contribution in [0.2, 0.25) is 0 Å². The summed E-state index contributed by atoms with van der Waals surface area (Å²) in [5, 5.41) is 13.2. The first-order chi connectivity index (χ1) is 8.18. The molecule has 2 atom stereocenters. The topological polar surface area (TPSA) is 35.5 Å². The Morgan fingerprint density at radius 3 is 2.22 bits per heavy atom. The monoisotopic (exact) mass is 256 g/mol. The summed E-state index contributed by atoms with van der Waals surface area (Å²) in [6, 6.07) is 1.19. The summed E-state index contributed by atoms with van der Waals surface area (Å²) in [7, 11) is 2.19. The molecule has 108 valence electrons. The fourth-order valence-corrected chi connectivity index (χ4v) is 2.20. The van der Waals surface area contributed by atoms with Crippen LogP contribution in [0.4, 0.5) is 0 Å². The summed E-state index contributed by atoms with van der Waals surface area (Å²) in [6.45, 7) is 12.5. The number of hydrogen-bond donors (Lipinski definition) is 2. The van der Waals surface area contributed by atoms with Crippen molar-refractivity contribution in [1.29, 1.82) is 0 Å². The SMILES string of the molecule is CC(N(C)CCC(C)(CO)NC1CC1)C(C)(C)C. The van der Waals surface area contributed by atoms with E-state index in [9.17, 15) is 5.11 Å². The molecule has 0 aromatic rings. The third-order valence-electron chi connectivity index (χ3n) is 4.41. The van der Waals surface area contributed by atoms with E-state index >= 15 is 0 Å². The largest absolute Gasteiger partial charge is 0.394 e. The Morgan fingerprint density at radius 1 is 1.28 bits per heavy atom. The average molecular weight is 256 g/mol. The van der Waals surface area contributed by atoms with Gasteiger partial charge in [0.1, 0.15) is 0 Å². The zero-order valence-electron chi connectivity index (χ0n) is 13.1. The Bertz CT molecular complexity index is 258. The molecule has 0 radical (unpaired) electrons. The molecule has 0 amide bonds. The third-order valence-corrected chi connectivity index (χ3v) is 4.41. The maximum absolute atomic E-state index is 9.59. The van der Waals surface area contributed by atoms with E-state index in [0.717, 1.165) is 13.0 Å². The minimum atomic E-state index is -0.118. The molecule has 1 aliphatic rings. The first-order valence-corrected chi connectivity index (χ1v) is 7.27. The molecule has 2 N–H and O–H groups in total. The molecular weight excluding hydrogens is 224 g/mol. The number of nitrogens with zero attached hydrogens (tertiary/aromatic N) is 1. The normalized spacial score (nSPS) is 22.0. The van der Waals surface area contributed by atoms with Crippen LogP contribution in [-0.2, 0) is 0 Å². The average Bonchev–Trinajstić information content (AvgIpc) is 3.07. The van der Waals surface area contributed by atoms with Crippen LogP contribution >= 0.6 is 0 Å². The van der Waals surface area contributed by atoms with Gasteiger partial charge in [-0.3, -0.25) is 0 Å². The van der Waals surface area contributed by atoms with Gasteiger partial charge in [0.15, 0.2) is 0 Å². The molecule has 1 saturated carbocycles. The maximum atomic E-state index is 9.59. The van der Waals surface area contributed by atoms with E-state index in [4.69, 9.17) is 0 Å². The molecule has 3 nitrogen and oxygen atoms in total. The lowest BCUT2D eigenvalue weighted by Gasteiger charge is -2.38. The van der Waals surface area contributed by atoms with Crippen molar-refractivity contribution in [1.82, 2.24) is 10.2 Å². The van der Waals surface area contributed by atoms with Crippen LogP contribution in [0, 0.1) is 5.41 Å². The van der Waals surface area contributed by atoms with Gasteiger partial charge in [-0.15, -0.1) is 0 Å². The Balaban J connectivity index is 2.41. The molecule has 0 aromatic carbocycles. The molecule has 1 rings (SSSR count). The van der Waals surface area contributed by atoms with Crippen molar-refractivity contribution in [3.05, 3.63) is 0 Å². The van der Waals surface area contributed by atoms with Crippen molar-refractivity contribution in [2.24, 2.45) is 5.41 Å². The van der Waals surface area contributed by atoms with E-state index in [1.54, 1.807) is 0 Å². The lowest BCUT2D eigenvalue weighted by Crippen LogP contribution is -2.50. The van der Waals surface area contributed by atoms with Crippen molar-refractivity contribution in [3.8, 4) is 0 Å². The van der Waals surface area contributed by atoms with E-state index in [0.29, 0.717) is 17.5 Å². The van der Waals surface area contributed by atoms with Crippen molar-refractivity contribution in [3.63, 3.8) is 0 Å². The highest BCUT2D eigenvalue weighted by molar-refractivity contribution is 4.93. The van der Waals surface area contributed by atoms with Crippen molar-refractivity contribution in [2.75, 3.05) is 20.2 Å². The van der Waals surface area contributed by atoms with E-state index in [2.05, 4.69) is 51.9 Å². The van der Waals surface area contributed by atoms with Gasteiger partial charge in [0.2, 0.25) is 0 Å². The van der Waals surface area contributed by atoms with Crippen LogP contribution in [0.25, 0.3) is 0 Å². The van der Waals surface area contributed by atoms with Crippen molar-refractivity contribution in [2.45, 2.75) is 71.5 Å². The second kappa shape index (κ2) is 5.89. The van der Waals surface area contributed by atoms with Gasteiger partial charge < -0.3 is 15.3 Å². The zero-order valence-corrected chi connectivity index (χ0v) is 13.1. The molecule has 0 aliphatic heterocycles. The summed E-state index contributed by atoms with van der Waals surface area (Å²) < 4.78 is 0. The minimum Gasteiger partial charge on any atom is -0.394 e. The molecule has 0 saturated heterocycles. The fraction of sp³-hybridized carbons (Fsp3) is 1.00. The van der Waals surface area contributed by atoms with E-state index < -0.39 is 0 Å². The molecule has 2 unspecified atom stereocenters. The predicted molar refractivity (Wildman–Crippen MR) is 77.8 cm³/mol. The van der Waals surface area contributed by atoms with Crippen LogP contribution < -0.4 is 5.32 Å². The molecule has 18 heavy (non-hydrogen) atoms. The Labute approximate surface area is 113 Å². The number of aliphatic hydroxyl groups is 1. The smallest absolute Gasteiger partial charge is 0.0611 e. The van der Waals surface area contributed by atoms with E-state index in [1.165, 1.54) is 12.8 Å². The first-order valence-electron chi connectivity index (χ1n) is 7.27. The second-order valence-electron chi connectivity index (χ2n) is 7.41. The Kier molecular flexibility index (Phi) is 5.22. The van der Waals surface area contributed by atoms with Gasteiger partial charge in [-0.25, -0.2) is 0 Å². The van der Waals surface area contributed by atoms with Crippen molar-refractivity contribution >= 4 is 0 Å². The molecule has 1 fully saturated rings. The van der Waals surface area contributed by atoms with Gasteiger partial charge >= 0.3 is 0 Å². The van der Waals surface area contributed by atoms with Gasteiger partial charge in [0.05, 0.1) is 6.61 Å². The lowest BCUT2D eigenvalue weighted by atomic mass is 9.86. The molecule has 1 aliphatic carbocycles. The van der Waals surface area contributed by atoms with Gasteiger partial charge in [0.25, 0.3) is 0 Å². The van der Waals surface area contributed by atoms with E-state index in [-0.39, 0.29) is 12.1 Å². The highest BCUT2D eigenvalue weighted by Crippen LogP contribution is 2.26. The Morgan fingerprint density at radius 2 is 1.83 bits per heavy atom. The molecule has 0 heterocycles. The summed E-state index contributed by atoms with van der Waals surface area (Å²) in [6.07, 6.45) is 3.53. The van der Waals surface area contributed by atoms with Crippen LogP contribution in [0.1, 0.15) is 53.9 Å². The van der Waals surface area contributed by atoms with Gasteiger partial charge in [-0.2, -0.15) is 0 Å². The number of nitrogens with one attached hydrogen (secondary N) is 1. The van der Waals surface area contributed by atoms with E-state index in [1.807, 2.05) is 0 Å². The minimum absolute atomic E-state index is 0.118. The van der Waals surface area contributed by atoms with Crippen LogP contribution in [0.15, 0.2) is 0 Å². The summed E-state index contributed by atoms with van der Waals surface area (Å²) in [5.41, 5.74) is 0.182. The third kappa shape index (κ3) is 4.87. The standard InChI is InChI=1S/C15H32N2O/c1-12(14(2,3)4)17(6)10-9-15(5,11-18)16-13-7-8-13/h12-13,16,18H,7-11H2,1-6H3.